The molecule has 0 atom stereocenters. The summed E-state index contributed by atoms with van der Waals surface area (Å²) < 4.78 is 0. The van der Waals surface area contributed by atoms with Gasteiger partial charge in [-0.05, 0) is 44.4 Å². The summed E-state index contributed by atoms with van der Waals surface area (Å²) in [5, 5.41) is 0. The molecule has 106 valence electrons. The van der Waals surface area contributed by atoms with Crippen molar-refractivity contribution in [3.63, 3.8) is 0 Å². The third-order valence-electron chi connectivity index (χ3n) is 3.57. The summed E-state index contributed by atoms with van der Waals surface area (Å²) in [5.74, 6) is 0.141. The first-order valence-electron chi connectivity index (χ1n) is 7.61. The van der Waals surface area contributed by atoms with E-state index in [0.29, 0.717) is 0 Å². The predicted molar refractivity (Wildman–Crippen MR) is 81.5 cm³/mol. The molecule has 0 aromatic heterocycles. The van der Waals surface area contributed by atoms with Gasteiger partial charge in [-0.25, -0.2) is 0 Å². The first-order valence-corrected chi connectivity index (χ1v) is 7.61. The zero-order valence-electron chi connectivity index (χ0n) is 12.6. The number of carbonyl (C=O) groups excluding carboxylic acids is 1. The molecule has 0 bridgehead atoms. The van der Waals surface area contributed by atoms with Gasteiger partial charge in [-0.1, -0.05) is 38.3 Å². The third-order valence-corrected chi connectivity index (χ3v) is 3.57. The Labute approximate surface area is 117 Å². The van der Waals surface area contributed by atoms with E-state index < -0.39 is 0 Å². The molecule has 1 amide bonds. The molecule has 0 aliphatic heterocycles. The summed E-state index contributed by atoms with van der Waals surface area (Å²) in [5.41, 5.74) is 2.15. The minimum absolute atomic E-state index is 0.141. The molecule has 0 N–H and O–H groups in total. The molecular weight excluding hydrogens is 234 g/mol. The van der Waals surface area contributed by atoms with Crippen molar-refractivity contribution >= 4 is 5.91 Å². The molecule has 0 fully saturated rings. The minimum atomic E-state index is 0.141. The molecule has 1 aromatic rings. The highest BCUT2D eigenvalue weighted by molar-refractivity contribution is 5.94. The lowest BCUT2D eigenvalue weighted by Gasteiger charge is -2.18. The van der Waals surface area contributed by atoms with E-state index in [9.17, 15) is 4.79 Å². The predicted octanol–water partition coefficient (Wildman–Crippen LogP) is 4.29. The number of carbonyl (C=O) groups is 1. The molecule has 0 radical (unpaired) electrons. The fourth-order valence-corrected chi connectivity index (χ4v) is 2.26. The van der Waals surface area contributed by atoms with Gasteiger partial charge < -0.3 is 4.90 Å². The van der Waals surface area contributed by atoms with Crippen molar-refractivity contribution in [3.8, 4) is 0 Å². The number of aryl methyl sites for hydroxylation is 1. The number of nitrogens with zero attached hydrogens (tertiary/aromatic N) is 1. The molecule has 0 saturated heterocycles. The van der Waals surface area contributed by atoms with E-state index in [-0.39, 0.29) is 5.91 Å². The minimum Gasteiger partial charge on any atom is -0.339 e. The molecule has 0 unspecified atom stereocenters. The summed E-state index contributed by atoms with van der Waals surface area (Å²) in [4.78, 5) is 14.0. The Balaban J connectivity index is 2.53. The Morgan fingerprint density at radius 2 is 1.58 bits per heavy atom. The lowest BCUT2D eigenvalue weighted by Crippen LogP contribution is -2.30. The molecule has 0 spiro atoms. The molecule has 2 nitrogen and oxygen atoms in total. The highest BCUT2D eigenvalue weighted by Gasteiger charge is 2.11. The summed E-state index contributed by atoms with van der Waals surface area (Å²) in [6, 6.07) is 8.14. The van der Waals surface area contributed by atoms with Crippen LogP contribution in [-0.4, -0.2) is 23.9 Å². The fraction of sp³-hybridized carbons (Fsp3) is 0.588. The topological polar surface area (TPSA) is 20.3 Å². The standard InChI is InChI=1S/C17H27NO/c1-4-7-8-9-10-15-11-13-16(14-12-15)17(19)18(5-2)6-3/h11-14H,4-10H2,1-3H3. The van der Waals surface area contributed by atoms with E-state index >= 15 is 0 Å². The van der Waals surface area contributed by atoms with Gasteiger partial charge in [0.25, 0.3) is 5.91 Å². The van der Waals surface area contributed by atoms with Crippen LogP contribution in [0.3, 0.4) is 0 Å². The highest BCUT2D eigenvalue weighted by Crippen LogP contribution is 2.11. The number of unbranched alkanes of at least 4 members (excludes halogenated alkanes) is 3. The zero-order valence-corrected chi connectivity index (χ0v) is 12.6. The van der Waals surface area contributed by atoms with Crippen molar-refractivity contribution < 1.29 is 4.79 Å². The maximum atomic E-state index is 12.1. The Kier molecular flexibility index (Phi) is 7.24. The molecule has 0 aliphatic rings. The van der Waals surface area contributed by atoms with Gasteiger partial charge in [-0.3, -0.25) is 4.79 Å². The van der Waals surface area contributed by atoms with E-state index in [1.165, 1.54) is 31.2 Å². The first kappa shape index (κ1) is 15.7. The van der Waals surface area contributed by atoms with E-state index in [1.54, 1.807) is 0 Å². The van der Waals surface area contributed by atoms with Crippen LogP contribution in [0.4, 0.5) is 0 Å². The summed E-state index contributed by atoms with van der Waals surface area (Å²) in [6.07, 6.45) is 6.27. The van der Waals surface area contributed by atoms with Gasteiger partial charge in [0, 0.05) is 18.7 Å². The van der Waals surface area contributed by atoms with E-state index in [4.69, 9.17) is 0 Å². The maximum Gasteiger partial charge on any atom is 0.253 e. The molecule has 0 saturated carbocycles. The van der Waals surface area contributed by atoms with Crippen LogP contribution in [0.2, 0.25) is 0 Å². The van der Waals surface area contributed by atoms with Gasteiger partial charge >= 0.3 is 0 Å². The van der Waals surface area contributed by atoms with E-state index in [1.807, 2.05) is 30.9 Å². The first-order chi connectivity index (χ1) is 9.22. The molecule has 2 heteroatoms. The second-order valence-corrected chi connectivity index (χ2v) is 4.99. The average molecular weight is 261 g/mol. The van der Waals surface area contributed by atoms with E-state index in [0.717, 1.165) is 25.1 Å². The van der Waals surface area contributed by atoms with Crippen molar-refractivity contribution in [2.45, 2.75) is 52.9 Å². The summed E-state index contributed by atoms with van der Waals surface area (Å²) >= 11 is 0. The van der Waals surface area contributed by atoms with Crippen LogP contribution in [-0.2, 0) is 6.42 Å². The Morgan fingerprint density at radius 3 is 2.11 bits per heavy atom. The van der Waals surface area contributed by atoms with Crippen LogP contribution in [0.25, 0.3) is 0 Å². The number of hydrogen-bond acceptors (Lipinski definition) is 1. The molecule has 0 heterocycles. The molecule has 1 aromatic carbocycles. The number of hydrogen-bond donors (Lipinski definition) is 0. The van der Waals surface area contributed by atoms with Crippen molar-refractivity contribution in [2.24, 2.45) is 0 Å². The average Bonchev–Trinajstić information content (AvgIpc) is 2.45. The molecule has 1 rings (SSSR count). The van der Waals surface area contributed by atoms with Gasteiger partial charge in [0.15, 0.2) is 0 Å². The summed E-state index contributed by atoms with van der Waals surface area (Å²) in [6.45, 7) is 7.81. The van der Waals surface area contributed by atoms with Crippen molar-refractivity contribution in [2.75, 3.05) is 13.1 Å². The van der Waals surface area contributed by atoms with Gasteiger partial charge in [0.2, 0.25) is 0 Å². The lowest BCUT2D eigenvalue weighted by atomic mass is 10.0. The Bertz CT molecular complexity index is 365. The van der Waals surface area contributed by atoms with Crippen LogP contribution in [0.1, 0.15) is 62.4 Å². The Morgan fingerprint density at radius 1 is 0.947 bits per heavy atom. The second kappa shape index (κ2) is 8.73. The Hall–Kier alpha value is -1.31. The molecule has 19 heavy (non-hydrogen) atoms. The SMILES string of the molecule is CCCCCCc1ccc(C(=O)N(CC)CC)cc1. The highest BCUT2D eigenvalue weighted by atomic mass is 16.2. The van der Waals surface area contributed by atoms with Crippen LogP contribution in [0.15, 0.2) is 24.3 Å². The molecule has 0 aliphatic carbocycles. The maximum absolute atomic E-state index is 12.1. The largest absolute Gasteiger partial charge is 0.339 e. The van der Waals surface area contributed by atoms with Crippen molar-refractivity contribution in [1.29, 1.82) is 0 Å². The van der Waals surface area contributed by atoms with Crippen LogP contribution < -0.4 is 0 Å². The number of rotatable bonds is 8. The second-order valence-electron chi connectivity index (χ2n) is 4.99. The van der Waals surface area contributed by atoms with Crippen molar-refractivity contribution in [3.05, 3.63) is 35.4 Å². The monoisotopic (exact) mass is 261 g/mol. The summed E-state index contributed by atoms with van der Waals surface area (Å²) in [7, 11) is 0. The smallest absolute Gasteiger partial charge is 0.253 e. The third kappa shape index (κ3) is 5.06. The van der Waals surface area contributed by atoms with Crippen LogP contribution in [0, 0.1) is 0 Å². The van der Waals surface area contributed by atoms with Gasteiger partial charge in [0.05, 0.1) is 0 Å². The number of benzene rings is 1. The van der Waals surface area contributed by atoms with Crippen LogP contribution >= 0.6 is 0 Å². The fourth-order valence-electron chi connectivity index (χ4n) is 2.26. The zero-order chi connectivity index (χ0) is 14.1. The number of amides is 1. The normalized spacial score (nSPS) is 10.5. The lowest BCUT2D eigenvalue weighted by molar-refractivity contribution is 0.0773. The van der Waals surface area contributed by atoms with Crippen molar-refractivity contribution in [1.82, 2.24) is 4.90 Å². The van der Waals surface area contributed by atoms with Gasteiger partial charge in [-0.15, -0.1) is 0 Å². The molecular formula is C17H27NO. The van der Waals surface area contributed by atoms with E-state index in [2.05, 4.69) is 19.1 Å². The van der Waals surface area contributed by atoms with Gasteiger partial charge in [-0.2, -0.15) is 0 Å². The van der Waals surface area contributed by atoms with Gasteiger partial charge in [0.1, 0.15) is 0 Å². The quantitative estimate of drug-likeness (QED) is 0.639. The van der Waals surface area contributed by atoms with Crippen LogP contribution in [0.5, 0.6) is 0 Å².